The van der Waals surface area contributed by atoms with Crippen molar-refractivity contribution in [3.05, 3.63) is 29.3 Å². The second-order valence-electron chi connectivity index (χ2n) is 6.89. The molecule has 4 nitrogen and oxygen atoms in total. The molecule has 1 heterocycles. The van der Waals surface area contributed by atoms with Gasteiger partial charge in [0.2, 0.25) is 0 Å². The Bertz CT molecular complexity index is 622. The summed E-state index contributed by atoms with van der Waals surface area (Å²) in [5, 5.41) is 9.67. The fourth-order valence-electron chi connectivity index (χ4n) is 3.04. The Kier molecular flexibility index (Phi) is 4.86. The lowest BCUT2D eigenvalue weighted by Crippen LogP contribution is -2.42. The van der Waals surface area contributed by atoms with Crippen LogP contribution in [0.5, 0.6) is 0 Å². The number of rotatable bonds is 2. The molecule has 1 aromatic rings. The van der Waals surface area contributed by atoms with Gasteiger partial charge in [0.25, 0.3) is 0 Å². The number of carbonyl (C=O) groups excluding carboxylic acids is 1. The van der Waals surface area contributed by atoms with Gasteiger partial charge in [-0.3, -0.25) is 4.90 Å². The first-order valence-electron chi connectivity index (χ1n) is 7.83. The normalized spacial score (nSPS) is 20.9. The summed E-state index contributed by atoms with van der Waals surface area (Å²) in [6, 6.07) is 2.83. The van der Waals surface area contributed by atoms with Gasteiger partial charge in [-0.05, 0) is 44.9 Å². The van der Waals surface area contributed by atoms with Crippen LogP contribution < -0.4 is 4.90 Å². The summed E-state index contributed by atoms with van der Waals surface area (Å²) in [5.74, 6) is -0.431. The maximum atomic E-state index is 13.0. The minimum Gasteiger partial charge on any atom is -0.443 e. The lowest BCUT2D eigenvalue weighted by Gasteiger charge is -2.30. The number of hydrogen-bond donors (Lipinski definition) is 1. The Morgan fingerprint density at radius 1 is 1.29 bits per heavy atom. The van der Waals surface area contributed by atoms with Crippen LogP contribution in [0.15, 0.2) is 18.2 Å². The highest BCUT2D eigenvalue weighted by atomic mass is 19.4. The molecule has 1 aromatic carbocycles. The van der Waals surface area contributed by atoms with E-state index in [-0.39, 0.29) is 12.3 Å². The molecule has 0 saturated heterocycles. The highest BCUT2D eigenvalue weighted by Gasteiger charge is 2.43. The van der Waals surface area contributed by atoms with Crippen molar-refractivity contribution in [1.29, 1.82) is 0 Å². The van der Waals surface area contributed by atoms with Crippen LogP contribution in [0.25, 0.3) is 0 Å². The summed E-state index contributed by atoms with van der Waals surface area (Å²) in [4.78, 5) is 13.8. The number of ether oxygens (including phenoxy) is 1. The first-order valence-corrected chi connectivity index (χ1v) is 7.83. The Morgan fingerprint density at radius 3 is 2.38 bits per heavy atom. The van der Waals surface area contributed by atoms with Gasteiger partial charge in [0, 0.05) is 12.0 Å². The van der Waals surface area contributed by atoms with Gasteiger partial charge in [-0.15, -0.1) is 0 Å². The summed E-state index contributed by atoms with van der Waals surface area (Å²) >= 11 is 0. The molecule has 1 amide bonds. The second-order valence-corrected chi connectivity index (χ2v) is 6.89. The van der Waals surface area contributed by atoms with Crippen LogP contribution >= 0.6 is 0 Å². The summed E-state index contributed by atoms with van der Waals surface area (Å²) in [7, 11) is 0. The molecule has 1 aliphatic rings. The Labute approximate surface area is 139 Å². The lowest BCUT2D eigenvalue weighted by atomic mass is 9.94. The van der Waals surface area contributed by atoms with Crippen molar-refractivity contribution in [3.63, 3.8) is 0 Å². The van der Waals surface area contributed by atoms with E-state index in [1.165, 1.54) is 11.0 Å². The van der Waals surface area contributed by atoms with Crippen molar-refractivity contribution >= 4 is 11.8 Å². The van der Waals surface area contributed by atoms with Crippen molar-refractivity contribution in [2.45, 2.75) is 57.9 Å². The Morgan fingerprint density at radius 2 is 1.92 bits per heavy atom. The molecule has 1 aliphatic heterocycles. The summed E-state index contributed by atoms with van der Waals surface area (Å²) < 4.78 is 44.4. The largest absolute Gasteiger partial charge is 0.443 e. The van der Waals surface area contributed by atoms with Gasteiger partial charge in [0.15, 0.2) is 0 Å². The van der Waals surface area contributed by atoms with Crippen LogP contribution in [0.4, 0.5) is 23.7 Å². The minimum absolute atomic E-state index is 0.157. The molecule has 2 atom stereocenters. The molecule has 0 spiro atoms. The molecule has 0 bridgehead atoms. The third-order valence-corrected chi connectivity index (χ3v) is 4.02. The number of amides is 1. The number of benzene rings is 1. The number of aliphatic hydroxyl groups is 1. The van der Waals surface area contributed by atoms with Crippen LogP contribution in [-0.2, 0) is 10.9 Å². The zero-order valence-electron chi connectivity index (χ0n) is 14.1. The lowest BCUT2D eigenvalue weighted by molar-refractivity contribution is -0.137. The molecule has 0 saturated carbocycles. The fraction of sp³-hybridized carbons (Fsp3) is 0.588. The van der Waals surface area contributed by atoms with E-state index < -0.39 is 35.4 Å². The summed E-state index contributed by atoms with van der Waals surface area (Å²) in [6.07, 6.45) is -4.72. The van der Waals surface area contributed by atoms with Gasteiger partial charge in [0.1, 0.15) is 5.60 Å². The SMILES string of the molecule is CCC1C(CO)c2ccc(C(F)(F)F)cc2N1C(=O)OC(C)(C)C. The fourth-order valence-corrected chi connectivity index (χ4v) is 3.04. The molecule has 2 unspecified atom stereocenters. The van der Waals surface area contributed by atoms with Crippen LogP contribution in [0, 0.1) is 0 Å². The number of carbonyl (C=O) groups is 1. The van der Waals surface area contributed by atoms with Gasteiger partial charge >= 0.3 is 12.3 Å². The molecular weight excluding hydrogens is 323 g/mol. The Hall–Kier alpha value is -1.76. The van der Waals surface area contributed by atoms with Crippen molar-refractivity contribution < 1.29 is 27.8 Å². The van der Waals surface area contributed by atoms with E-state index in [4.69, 9.17) is 4.74 Å². The van der Waals surface area contributed by atoms with E-state index in [2.05, 4.69) is 0 Å². The summed E-state index contributed by atoms with van der Waals surface area (Å²) in [6.45, 7) is 6.65. The van der Waals surface area contributed by atoms with Crippen LogP contribution in [0.2, 0.25) is 0 Å². The van der Waals surface area contributed by atoms with Crippen molar-refractivity contribution in [2.24, 2.45) is 0 Å². The summed E-state index contributed by atoms with van der Waals surface area (Å²) in [5.41, 5.74) is -0.912. The van der Waals surface area contributed by atoms with Gasteiger partial charge in [-0.1, -0.05) is 13.0 Å². The maximum Gasteiger partial charge on any atom is 0.416 e. The average Bonchev–Trinajstić information content (AvgIpc) is 2.76. The van der Waals surface area contributed by atoms with Crippen LogP contribution in [0.3, 0.4) is 0 Å². The van der Waals surface area contributed by atoms with E-state index in [0.717, 1.165) is 12.1 Å². The number of nitrogens with zero attached hydrogens (tertiary/aromatic N) is 1. The molecule has 2 rings (SSSR count). The number of hydrogen-bond acceptors (Lipinski definition) is 3. The third kappa shape index (κ3) is 3.50. The average molecular weight is 345 g/mol. The number of fused-ring (bicyclic) bond motifs is 1. The zero-order valence-corrected chi connectivity index (χ0v) is 14.1. The van der Waals surface area contributed by atoms with Crippen LogP contribution in [0.1, 0.15) is 51.2 Å². The smallest absolute Gasteiger partial charge is 0.416 e. The van der Waals surface area contributed by atoms with E-state index in [0.29, 0.717) is 12.0 Å². The van der Waals surface area contributed by atoms with Gasteiger partial charge < -0.3 is 9.84 Å². The molecule has 0 aromatic heterocycles. The third-order valence-electron chi connectivity index (χ3n) is 4.02. The quantitative estimate of drug-likeness (QED) is 0.869. The van der Waals surface area contributed by atoms with E-state index >= 15 is 0 Å². The minimum atomic E-state index is -4.51. The number of aliphatic hydroxyl groups excluding tert-OH is 1. The van der Waals surface area contributed by atoms with Crippen LogP contribution in [-0.4, -0.2) is 29.4 Å². The van der Waals surface area contributed by atoms with E-state index in [1.807, 2.05) is 6.92 Å². The first-order chi connectivity index (χ1) is 11.0. The van der Waals surface area contributed by atoms with Crippen molar-refractivity contribution in [2.75, 3.05) is 11.5 Å². The molecular formula is C17H22F3NO3. The molecule has 134 valence electrons. The molecule has 1 N–H and O–H groups in total. The van der Waals surface area contributed by atoms with Gasteiger partial charge in [-0.25, -0.2) is 4.79 Å². The molecule has 0 aliphatic carbocycles. The number of alkyl halides is 3. The molecule has 0 fully saturated rings. The van der Waals surface area contributed by atoms with Crippen molar-refractivity contribution in [1.82, 2.24) is 0 Å². The van der Waals surface area contributed by atoms with E-state index in [9.17, 15) is 23.1 Å². The topological polar surface area (TPSA) is 49.8 Å². The zero-order chi connectivity index (χ0) is 18.3. The van der Waals surface area contributed by atoms with Crippen molar-refractivity contribution in [3.8, 4) is 0 Å². The molecule has 7 heteroatoms. The van der Waals surface area contributed by atoms with Gasteiger partial charge in [0.05, 0.1) is 17.9 Å². The predicted octanol–water partition coefficient (Wildman–Crippen LogP) is 4.32. The molecule has 0 radical (unpaired) electrons. The highest BCUT2D eigenvalue weighted by Crippen LogP contribution is 2.45. The molecule has 24 heavy (non-hydrogen) atoms. The predicted molar refractivity (Wildman–Crippen MR) is 84.1 cm³/mol. The Balaban J connectivity index is 2.52. The van der Waals surface area contributed by atoms with E-state index in [1.54, 1.807) is 20.8 Å². The number of halogens is 3. The maximum absolute atomic E-state index is 13.0. The van der Waals surface area contributed by atoms with Gasteiger partial charge in [-0.2, -0.15) is 13.2 Å². The highest BCUT2D eigenvalue weighted by molar-refractivity contribution is 5.92. The number of anilines is 1. The monoisotopic (exact) mass is 345 g/mol. The second kappa shape index (κ2) is 6.27. The standard InChI is InChI=1S/C17H22F3NO3/c1-5-13-12(9-22)11-7-6-10(17(18,19)20)8-14(11)21(13)15(23)24-16(2,3)4/h6-8,12-13,22H,5,9H2,1-4H3. The first kappa shape index (κ1) is 18.6.